The lowest BCUT2D eigenvalue weighted by atomic mass is 10.0. The van der Waals surface area contributed by atoms with E-state index in [4.69, 9.17) is 21.1 Å². The van der Waals surface area contributed by atoms with Crippen LogP contribution in [0.1, 0.15) is 12.5 Å². The fourth-order valence-electron chi connectivity index (χ4n) is 2.19. The van der Waals surface area contributed by atoms with Crippen LogP contribution in [0.5, 0.6) is 11.5 Å². The molecule has 0 aliphatic rings. The van der Waals surface area contributed by atoms with Gasteiger partial charge in [0.1, 0.15) is 16.5 Å². The molecule has 0 bridgehead atoms. The molecule has 0 radical (unpaired) electrons. The number of methoxy groups -OCH3 is 2. The topological polar surface area (TPSA) is 30.5 Å². The van der Waals surface area contributed by atoms with Crippen LogP contribution in [0, 0.1) is 0 Å². The van der Waals surface area contributed by atoms with E-state index in [2.05, 4.69) is 36.5 Å². The second-order valence-electron chi connectivity index (χ2n) is 4.64. The maximum Gasteiger partial charge on any atom is 0.149 e. The van der Waals surface area contributed by atoms with Gasteiger partial charge in [-0.1, -0.05) is 42.8 Å². The largest absolute Gasteiger partial charge is 0.495 e. The van der Waals surface area contributed by atoms with Crippen LogP contribution in [0.2, 0.25) is 5.02 Å². The van der Waals surface area contributed by atoms with E-state index >= 15 is 0 Å². The van der Waals surface area contributed by atoms with E-state index in [0.717, 1.165) is 24.2 Å². The lowest BCUT2D eigenvalue weighted by Gasteiger charge is -2.13. The number of ether oxygens (including phenoxy) is 2. The highest BCUT2D eigenvalue weighted by Crippen LogP contribution is 2.41. The molecule has 112 valence electrons. The van der Waals surface area contributed by atoms with E-state index < -0.39 is 0 Å². The molecule has 0 heterocycles. The Morgan fingerprint density at radius 3 is 2.29 bits per heavy atom. The van der Waals surface area contributed by atoms with Gasteiger partial charge in [-0.25, -0.2) is 0 Å². The predicted octanol–water partition coefficient (Wildman–Crippen LogP) is 4.13. The zero-order valence-corrected chi connectivity index (χ0v) is 13.3. The summed E-state index contributed by atoms with van der Waals surface area (Å²) in [7, 11) is 3.21. The Morgan fingerprint density at radius 2 is 1.71 bits per heavy atom. The van der Waals surface area contributed by atoms with Crippen LogP contribution in [-0.4, -0.2) is 20.8 Å². The average Bonchev–Trinajstić information content (AvgIpc) is 2.53. The van der Waals surface area contributed by atoms with Gasteiger partial charge in [0.25, 0.3) is 0 Å². The van der Waals surface area contributed by atoms with E-state index in [-0.39, 0.29) is 0 Å². The molecule has 0 aromatic heterocycles. The summed E-state index contributed by atoms with van der Waals surface area (Å²) in [6, 6.07) is 12.2. The summed E-state index contributed by atoms with van der Waals surface area (Å²) < 4.78 is 10.7. The molecule has 0 atom stereocenters. The van der Waals surface area contributed by atoms with Crippen molar-refractivity contribution in [2.75, 3.05) is 20.8 Å². The molecule has 0 saturated carbocycles. The van der Waals surface area contributed by atoms with Crippen molar-refractivity contribution in [2.24, 2.45) is 0 Å². The molecule has 0 aliphatic heterocycles. The minimum atomic E-state index is 0.495. The third-order valence-electron chi connectivity index (χ3n) is 3.33. The number of benzene rings is 2. The van der Waals surface area contributed by atoms with Crippen molar-refractivity contribution in [2.45, 2.75) is 13.5 Å². The Hall–Kier alpha value is -1.71. The van der Waals surface area contributed by atoms with Crippen LogP contribution in [0.15, 0.2) is 36.4 Å². The van der Waals surface area contributed by atoms with Crippen molar-refractivity contribution in [3.63, 3.8) is 0 Å². The SMILES string of the molecule is CCNCc1ccc(-c2ccc(OC)c(Cl)c2OC)cc1. The van der Waals surface area contributed by atoms with Gasteiger partial charge in [0, 0.05) is 12.1 Å². The fourth-order valence-corrected chi connectivity index (χ4v) is 2.51. The minimum absolute atomic E-state index is 0.495. The van der Waals surface area contributed by atoms with Crippen molar-refractivity contribution in [1.29, 1.82) is 0 Å². The number of nitrogens with one attached hydrogen (secondary N) is 1. The third kappa shape index (κ3) is 3.49. The molecule has 2 rings (SSSR count). The molecule has 0 saturated heterocycles. The molecule has 0 fully saturated rings. The first kappa shape index (κ1) is 15.7. The molecule has 0 amide bonds. The molecule has 0 unspecified atom stereocenters. The molecule has 2 aromatic carbocycles. The Morgan fingerprint density at radius 1 is 1.00 bits per heavy atom. The highest BCUT2D eigenvalue weighted by atomic mass is 35.5. The van der Waals surface area contributed by atoms with Crippen LogP contribution in [0.4, 0.5) is 0 Å². The van der Waals surface area contributed by atoms with Crippen LogP contribution >= 0.6 is 11.6 Å². The molecular formula is C17H20ClNO2. The first-order chi connectivity index (χ1) is 10.2. The summed E-state index contributed by atoms with van der Waals surface area (Å²) in [5.41, 5.74) is 3.27. The molecule has 0 spiro atoms. The highest BCUT2D eigenvalue weighted by molar-refractivity contribution is 6.34. The number of hydrogen-bond acceptors (Lipinski definition) is 3. The maximum atomic E-state index is 6.30. The smallest absolute Gasteiger partial charge is 0.149 e. The highest BCUT2D eigenvalue weighted by Gasteiger charge is 2.14. The number of hydrogen-bond donors (Lipinski definition) is 1. The lowest BCUT2D eigenvalue weighted by molar-refractivity contribution is 0.396. The first-order valence-corrected chi connectivity index (χ1v) is 7.29. The van der Waals surface area contributed by atoms with E-state index in [9.17, 15) is 0 Å². The van der Waals surface area contributed by atoms with Crippen LogP contribution in [0.3, 0.4) is 0 Å². The van der Waals surface area contributed by atoms with Gasteiger partial charge in [-0.15, -0.1) is 0 Å². The van der Waals surface area contributed by atoms with Gasteiger partial charge in [0.2, 0.25) is 0 Å². The lowest BCUT2D eigenvalue weighted by Crippen LogP contribution is -2.11. The monoisotopic (exact) mass is 305 g/mol. The zero-order valence-electron chi connectivity index (χ0n) is 12.6. The summed E-state index contributed by atoms with van der Waals surface area (Å²) in [5, 5.41) is 3.80. The van der Waals surface area contributed by atoms with Gasteiger partial charge >= 0.3 is 0 Å². The average molecular weight is 306 g/mol. The van der Waals surface area contributed by atoms with E-state index in [0.29, 0.717) is 16.5 Å². The van der Waals surface area contributed by atoms with Crippen LogP contribution in [-0.2, 0) is 6.54 Å². The summed E-state index contributed by atoms with van der Waals surface area (Å²) in [5.74, 6) is 1.25. The summed E-state index contributed by atoms with van der Waals surface area (Å²) >= 11 is 6.30. The standard InChI is InChI=1S/C17H20ClNO2/c1-4-19-11-12-5-7-13(8-6-12)14-9-10-15(20-2)16(18)17(14)21-3/h5-10,19H,4,11H2,1-3H3. The van der Waals surface area contributed by atoms with Gasteiger partial charge in [0.15, 0.2) is 0 Å². The molecule has 0 aliphatic carbocycles. The van der Waals surface area contributed by atoms with Gasteiger partial charge in [-0.2, -0.15) is 0 Å². The van der Waals surface area contributed by atoms with Crippen molar-refractivity contribution in [1.82, 2.24) is 5.32 Å². The molecular weight excluding hydrogens is 286 g/mol. The first-order valence-electron chi connectivity index (χ1n) is 6.91. The quantitative estimate of drug-likeness (QED) is 0.870. The van der Waals surface area contributed by atoms with Crippen LogP contribution in [0.25, 0.3) is 11.1 Å². The van der Waals surface area contributed by atoms with Gasteiger partial charge in [-0.3, -0.25) is 0 Å². The van der Waals surface area contributed by atoms with E-state index in [1.807, 2.05) is 12.1 Å². The summed E-state index contributed by atoms with van der Waals surface area (Å²) in [4.78, 5) is 0. The van der Waals surface area contributed by atoms with Crippen molar-refractivity contribution >= 4 is 11.6 Å². The molecule has 1 N–H and O–H groups in total. The molecule has 4 heteroatoms. The molecule has 3 nitrogen and oxygen atoms in total. The molecule has 21 heavy (non-hydrogen) atoms. The second kappa shape index (κ2) is 7.34. The van der Waals surface area contributed by atoms with Crippen LogP contribution < -0.4 is 14.8 Å². The number of rotatable bonds is 6. The van der Waals surface area contributed by atoms with Gasteiger partial charge in [-0.05, 0) is 29.8 Å². The normalized spacial score (nSPS) is 10.5. The Balaban J connectivity index is 2.35. The summed E-state index contributed by atoms with van der Waals surface area (Å²) in [6.07, 6.45) is 0. The van der Waals surface area contributed by atoms with Gasteiger partial charge < -0.3 is 14.8 Å². The maximum absolute atomic E-state index is 6.30. The minimum Gasteiger partial charge on any atom is -0.495 e. The van der Waals surface area contributed by atoms with Crippen molar-refractivity contribution in [3.8, 4) is 22.6 Å². The van der Waals surface area contributed by atoms with Crippen molar-refractivity contribution < 1.29 is 9.47 Å². The Bertz CT molecular complexity index is 596. The Kier molecular flexibility index (Phi) is 5.48. The van der Waals surface area contributed by atoms with Gasteiger partial charge in [0.05, 0.1) is 14.2 Å². The fraction of sp³-hybridized carbons (Fsp3) is 0.294. The van der Waals surface area contributed by atoms with E-state index in [1.54, 1.807) is 14.2 Å². The Labute approximate surface area is 130 Å². The third-order valence-corrected chi connectivity index (χ3v) is 3.69. The van der Waals surface area contributed by atoms with E-state index in [1.165, 1.54) is 5.56 Å². The zero-order chi connectivity index (χ0) is 15.2. The molecule has 2 aromatic rings. The number of halogens is 1. The predicted molar refractivity (Wildman–Crippen MR) is 87.4 cm³/mol. The van der Waals surface area contributed by atoms with Crippen molar-refractivity contribution in [3.05, 3.63) is 47.0 Å². The second-order valence-corrected chi connectivity index (χ2v) is 5.02. The summed E-state index contributed by atoms with van der Waals surface area (Å²) in [6.45, 7) is 3.93.